The molecule has 0 bridgehead atoms. The monoisotopic (exact) mass is 312 g/mol. The quantitative estimate of drug-likeness (QED) is 0.807. The lowest BCUT2D eigenvalue weighted by Gasteiger charge is -2.14. The van der Waals surface area contributed by atoms with Crippen LogP contribution in [0.15, 0.2) is 36.4 Å². The van der Waals surface area contributed by atoms with E-state index in [0.29, 0.717) is 0 Å². The Morgan fingerprint density at radius 1 is 1.09 bits per heavy atom. The third kappa shape index (κ3) is 4.49. The zero-order valence-electron chi connectivity index (χ0n) is 14.2. The van der Waals surface area contributed by atoms with Crippen molar-refractivity contribution in [2.24, 2.45) is 0 Å². The van der Waals surface area contributed by atoms with Gasteiger partial charge in [0.15, 0.2) is 6.73 Å². The number of ether oxygens (including phenoxy) is 1. The van der Waals surface area contributed by atoms with Gasteiger partial charge in [0.2, 0.25) is 0 Å². The van der Waals surface area contributed by atoms with E-state index in [1.54, 1.807) is 0 Å². The Hall–Kier alpha value is -2.49. The van der Waals surface area contributed by atoms with Gasteiger partial charge >= 0.3 is 6.03 Å². The maximum Gasteiger partial charge on any atom is 0.321 e. The third-order valence-electron chi connectivity index (χ3n) is 3.73. The Labute approximate surface area is 137 Å². The molecule has 23 heavy (non-hydrogen) atoms. The number of hydrogen-bond donors (Lipinski definition) is 2. The van der Waals surface area contributed by atoms with Crippen LogP contribution < -0.4 is 15.4 Å². The minimum Gasteiger partial charge on any atom is -0.473 e. The standard InChI is InChI=1S/C19H24N2O2/c1-5-16-8-6-7-9-17(16)23-12-20-19(22)21-18-14(3)10-13(2)11-15(18)4/h6-11H,5,12H2,1-4H3,(H2,20,21,22). The van der Waals surface area contributed by atoms with Crippen LogP contribution in [0.1, 0.15) is 29.2 Å². The molecule has 2 rings (SSSR count). The van der Waals surface area contributed by atoms with E-state index in [2.05, 4.69) is 29.7 Å². The number of carbonyl (C=O) groups is 1. The number of urea groups is 1. The number of benzene rings is 2. The second-order valence-electron chi connectivity index (χ2n) is 5.65. The van der Waals surface area contributed by atoms with Crippen LogP contribution in [0.25, 0.3) is 0 Å². The van der Waals surface area contributed by atoms with Crippen molar-refractivity contribution in [3.63, 3.8) is 0 Å². The first-order chi connectivity index (χ1) is 11.0. The number of para-hydroxylation sites is 1. The average molecular weight is 312 g/mol. The van der Waals surface area contributed by atoms with Crippen LogP contribution >= 0.6 is 0 Å². The van der Waals surface area contributed by atoms with Crippen LogP contribution in [-0.2, 0) is 6.42 Å². The molecule has 2 N–H and O–H groups in total. The van der Waals surface area contributed by atoms with E-state index < -0.39 is 0 Å². The molecule has 0 fully saturated rings. The molecule has 0 saturated carbocycles. The van der Waals surface area contributed by atoms with Gasteiger partial charge in [0, 0.05) is 5.69 Å². The summed E-state index contributed by atoms with van der Waals surface area (Å²) in [4.78, 5) is 12.0. The molecule has 0 spiro atoms. The van der Waals surface area contributed by atoms with Crippen molar-refractivity contribution in [2.45, 2.75) is 34.1 Å². The van der Waals surface area contributed by atoms with Gasteiger partial charge in [0.1, 0.15) is 5.75 Å². The fourth-order valence-corrected chi connectivity index (χ4v) is 2.65. The van der Waals surface area contributed by atoms with E-state index in [1.165, 1.54) is 5.56 Å². The largest absolute Gasteiger partial charge is 0.473 e. The highest BCUT2D eigenvalue weighted by atomic mass is 16.5. The predicted octanol–water partition coefficient (Wildman–Crippen LogP) is 4.33. The van der Waals surface area contributed by atoms with E-state index >= 15 is 0 Å². The molecular formula is C19H24N2O2. The van der Waals surface area contributed by atoms with E-state index in [1.807, 2.05) is 45.0 Å². The van der Waals surface area contributed by atoms with Gasteiger partial charge in [0.25, 0.3) is 0 Å². The lowest BCUT2D eigenvalue weighted by atomic mass is 10.1. The summed E-state index contributed by atoms with van der Waals surface area (Å²) in [6.07, 6.45) is 0.893. The fourth-order valence-electron chi connectivity index (χ4n) is 2.65. The van der Waals surface area contributed by atoms with Crippen LogP contribution in [0.5, 0.6) is 5.75 Å². The highest BCUT2D eigenvalue weighted by Gasteiger charge is 2.08. The summed E-state index contributed by atoms with van der Waals surface area (Å²) < 4.78 is 5.64. The number of anilines is 1. The number of nitrogens with one attached hydrogen (secondary N) is 2. The normalized spacial score (nSPS) is 10.3. The molecule has 0 aromatic heterocycles. The number of hydrogen-bond acceptors (Lipinski definition) is 2. The van der Waals surface area contributed by atoms with Gasteiger partial charge < -0.3 is 15.4 Å². The number of rotatable bonds is 5. The second-order valence-corrected chi connectivity index (χ2v) is 5.65. The lowest BCUT2D eigenvalue weighted by molar-refractivity contribution is 0.234. The van der Waals surface area contributed by atoms with E-state index in [4.69, 9.17) is 4.74 Å². The molecule has 0 atom stereocenters. The minimum atomic E-state index is -0.269. The van der Waals surface area contributed by atoms with Crippen molar-refractivity contribution in [1.29, 1.82) is 0 Å². The molecule has 122 valence electrons. The van der Waals surface area contributed by atoms with Crippen LogP contribution in [0.3, 0.4) is 0 Å². The van der Waals surface area contributed by atoms with Gasteiger partial charge in [-0.2, -0.15) is 0 Å². The third-order valence-corrected chi connectivity index (χ3v) is 3.73. The summed E-state index contributed by atoms with van der Waals surface area (Å²) in [5, 5.41) is 5.62. The topological polar surface area (TPSA) is 50.4 Å². The summed E-state index contributed by atoms with van der Waals surface area (Å²) >= 11 is 0. The highest BCUT2D eigenvalue weighted by Crippen LogP contribution is 2.22. The first-order valence-corrected chi connectivity index (χ1v) is 7.84. The van der Waals surface area contributed by atoms with E-state index in [-0.39, 0.29) is 12.8 Å². The molecule has 0 radical (unpaired) electrons. The SMILES string of the molecule is CCc1ccccc1OCNC(=O)Nc1c(C)cc(C)cc1C. The van der Waals surface area contributed by atoms with Crippen molar-refractivity contribution >= 4 is 11.7 Å². The van der Waals surface area contributed by atoms with Crippen molar-refractivity contribution in [2.75, 3.05) is 12.0 Å². The molecule has 0 saturated heterocycles. The second kappa shape index (κ2) is 7.68. The zero-order chi connectivity index (χ0) is 16.8. The smallest absolute Gasteiger partial charge is 0.321 e. The molecule has 2 aromatic rings. The molecule has 4 nitrogen and oxygen atoms in total. The summed E-state index contributed by atoms with van der Waals surface area (Å²) in [5.74, 6) is 0.804. The molecule has 0 aliphatic carbocycles. The molecule has 4 heteroatoms. The number of amides is 2. The van der Waals surface area contributed by atoms with Crippen molar-refractivity contribution in [3.05, 3.63) is 58.7 Å². The molecular weight excluding hydrogens is 288 g/mol. The lowest BCUT2D eigenvalue weighted by Crippen LogP contribution is -2.32. The van der Waals surface area contributed by atoms with Gasteiger partial charge in [-0.3, -0.25) is 0 Å². The predicted molar refractivity (Wildman–Crippen MR) is 94.1 cm³/mol. The van der Waals surface area contributed by atoms with E-state index in [0.717, 1.165) is 34.5 Å². The summed E-state index contributed by atoms with van der Waals surface area (Å²) in [7, 11) is 0. The molecule has 0 aliphatic rings. The molecule has 0 heterocycles. The number of aryl methyl sites for hydroxylation is 4. The zero-order valence-corrected chi connectivity index (χ0v) is 14.2. The molecule has 2 aromatic carbocycles. The van der Waals surface area contributed by atoms with Crippen LogP contribution in [0, 0.1) is 20.8 Å². The summed E-state index contributed by atoms with van der Waals surface area (Å²) in [6.45, 7) is 8.23. The maximum absolute atomic E-state index is 12.0. The number of carbonyl (C=O) groups excluding carboxylic acids is 1. The van der Waals surface area contributed by atoms with Crippen LogP contribution in [0.4, 0.5) is 10.5 Å². The summed E-state index contributed by atoms with van der Waals surface area (Å²) in [6, 6.07) is 11.7. The van der Waals surface area contributed by atoms with Gasteiger partial charge in [-0.15, -0.1) is 0 Å². The first-order valence-electron chi connectivity index (χ1n) is 7.84. The van der Waals surface area contributed by atoms with Gasteiger partial charge in [-0.05, 0) is 49.9 Å². The van der Waals surface area contributed by atoms with Gasteiger partial charge in [-0.25, -0.2) is 4.79 Å². The Balaban J connectivity index is 1.91. The van der Waals surface area contributed by atoms with Gasteiger partial charge in [-0.1, -0.05) is 42.8 Å². The minimum absolute atomic E-state index is 0.132. The highest BCUT2D eigenvalue weighted by molar-refractivity contribution is 5.91. The molecule has 0 unspecified atom stereocenters. The average Bonchev–Trinajstić information content (AvgIpc) is 2.51. The first kappa shape index (κ1) is 16.9. The summed E-state index contributed by atoms with van der Waals surface area (Å²) in [5.41, 5.74) is 5.26. The van der Waals surface area contributed by atoms with E-state index in [9.17, 15) is 4.79 Å². The van der Waals surface area contributed by atoms with Crippen molar-refractivity contribution in [1.82, 2.24) is 5.32 Å². The Kier molecular flexibility index (Phi) is 5.63. The Morgan fingerprint density at radius 2 is 1.74 bits per heavy atom. The Morgan fingerprint density at radius 3 is 2.39 bits per heavy atom. The van der Waals surface area contributed by atoms with Gasteiger partial charge in [0.05, 0.1) is 0 Å². The van der Waals surface area contributed by atoms with Crippen LogP contribution in [-0.4, -0.2) is 12.8 Å². The maximum atomic E-state index is 12.0. The fraction of sp³-hybridized carbons (Fsp3) is 0.316. The van der Waals surface area contributed by atoms with Crippen molar-refractivity contribution in [3.8, 4) is 5.75 Å². The van der Waals surface area contributed by atoms with Crippen molar-refractivity contribution < 1.29 is 9.53 Å². The Bertz CT molecular complexity index is 673. The molecule has 2 amide bonds. The van der Waals surface area contributed by atoms with Crippen LogP contribution in [0.2, 0.25) is 0 Å². The molecule has 0 aliphatic heterocycles.